The molecule has 7 heteroatoms. The van der Waals surface area contributed by atoms with Crippen molar-refractivity contribution in [1.29, 1.82) is 0 Å². The smallest absolute Gasteiger partial charge is 0.191 e. The third-order valence-electron chi connectivity index (χ3n) is 5.89. The lowest BCUT2D eigenvalue weighted by atomic mass is 9.99. The highest BCUT2D eigenvalue weighted by molar-refractivity contribution is 5.80. The molecule has 29 heavy (non-hydrogen) atoms. The van der Waals surface area contributed by atoms with Gasteiger partial charge in [0.2, 0.25) is 0 Å². The van der Waals surface area contributed by atoms with Crippen LogP contribution >= 0.6 is 0 Å². The molecule has 2 fully saturated rings. The zero-order valence-corrected chi connectivity index (χ0v) is 17.8. The second kappa shape index (κ2) is 10.9. The molecule has 0 aliphatic carbocycles. The van der Waals surface area contributed by atoms with Crippen LogP contribution in [0.4, 0.5) is 8.78 Å². The third kappa shape index (κ3) is 6.93. The number of guanidine groups is 1. The number of benzene rings is 1. The van der Waals surface area contributed by atoms with E-state index in [2.05, 4.69) is 34.4 Å². The Hall–Kier alpha value is -1.73. The van der Waals surface area contributed by atoms with Crippen LogP contribution in [0, 0.1) is 17.6 Å². The van der Waals surface area contributed by atoms with Gasteiger partial charge in [0.1, 0.15) is 0 Å². The van der Waals surface area contributed by atoms with Gasteiger partial charge in [-0.1, -0.05) is 6.07 Å². The standard InChI is InChI=1S/C22H35F2N5/c1-3-25-22(26-14-18-5-4-10-28(2)15-18)27-19-8-11-29(12-9-19)16-17-6-7-20(23)21(24)13-17/h6-7,13,18-19H,3-5,8-12,14-16H2,1-2H3,(H2,25,26,27). The Kier molecular flexibility index (Phi) is 8.24. The van der Waals surface area contributed by atoms with E-state index in [4.69, 9.17) is 4.99 Å². The number of hydrogen-bond donors (Lipinski definition) is 2. The summed E-state index contributed by atoms with van der Waals surface area (Å²) in [4.78, 5) is 9.54. The second-order valence-electron chi connectivity index (χ2n) is 8.43. The monoisotopic (exact) mass is 407 g/mol. The topological polar surface area (TPSA) is 42.9 Å². The molecule has 5 nitrogen and oxygen atoms in total. The molecule has 162 valence electrons. The van der Waals surface area contributed by atoms with E-state index in [1.54, 1.807) is 6.07 Å². The first-order valence-electron chi connectivity index (χ1n) is 10.9. The van der Waals surface area contributed by atoms with Crippen molar-refractivity contribution in [3.05, 3.63) is 35.4 Å². The highest BCUT2D eigenvalue weighted by atomic mass is 19.2. The van der Waals surface area contributed by atoms with Crippen LogP contribution in [-0.2, 0) is 6.54 Å². The fraction of sp³-hybridized carbons (Fsp3) is 0.682. The van der Waals surface area contributed by atoms with E-state index in [1.165, 1.54) is 31.5 Å². The Balaban J connectivity index is 1.45. The summed E-state index contributed by atoms with van der Waals surface area (Å²) in [5.41, 5.74) is 0.822. The highest BCUT2D eigenvalue weighted by Gasteiger charge is 2.21. The Morgan fingerprint density at radius 3 is 2.62 bits per heavy atom. The largest absolute Gasteiger partial charge is 0.357 e. The van der Waals surface area contributed by atoms with Gasteiger partial charge in [0, 0.05) is 45.3 Å². The average Bonchev–Trinajstić information content (AvgIpc) is 2.71. The molecule has 2 saturated heterocycles. The number of aliphatic imine (C=N–C) groups is 1. The van der Waals surface area contributed by atoms with Gasteiger partial charge >= 0.3 is 0 Å². The van der Waals surface area contributed by atoms with E-state index in [-0.39, 0.29) is 0 Å². The quantitative estimate of drug-likeness (QED) is 0.562. The fourth-order valence-electron chi connectivity index (χ4n) is 4.29. The van der Waals surface area contributed by atoms with Gasteiger partial charge in [-0.3, -0.25) is 9.89 Å². The van der Waals surface area contributed by atoms with E-state index >= 15 is 0 Å². The maximum atomic E-state index is 13.4. The molecule has 0 radical (unpaired) electrons. The molecule has 1 aromatic carbocycles. The fourth-order valence-corrected chi connectivity index (χ4v) is 4.29. The van der Waals surface area contributed by atoms with E-state index in [1.807, 2.05) is 0 Å². The first-order chi connectivity index (χ1) is 14.0. The Morgan fingerprint density at radius 1 is 1.14 bits per heavy atom. The predicted molar refractivity (Wildman–Crippen MR) is 114 cm³/mol. The van der Waals surface area contributed by atoms with Crippen molar-refractivity contribution in [3.63, 3.8) is 0 Å². The van der Waals surface area contributed by atoms with Gasteiger partial charge in [0.25, 0.3) is 0 Å². The van der Waals surface area contributed by atoms with Crippen LogP contribution in [0.1, 0.15) is 38.2 Å². The lowest BCUT2D eigenvalue weighted by Crippen LogP contribution is -2.48. The number of piperidine rings is 2. The van der Waals surface area contributed by atoms with Gasteiger partial charge in [-0.05, 0) is 69.8 Å². The van der Waals surface area contributed by atoms with Crippen LogP contribution < -0.4 is 10.6 Å². The van der Waals surface area contributed by atoms with Crippen LogP contribution in [0.5, 0.6) is 0 Å². The number of nitrogens with zero attached hydrogens (tertiary/aromatic N) is 3. The van der Waals surface area contributed by atoms with Crippen molar-refractivity contribution in [2.45, 2.75) is 45.2 Å². The molecule has 0 amide bonds. The van der Waals surface area contributed by atoms with Gasteiger partial charge in [0.15, 0.2) is 17.6 Å². The summed E-state index contributed by atoms with van der Waals surface area (Å²) in [6, 6.07) is 4.57. The summed E-state index contributed by atoms with van der Waals surface area (Å²) in [5, 5.41) is 6.98. The summed E-state index contributed by atoms with van der Waals surface area (Å²) in [5.74, 6) is 0.00316. The van der Waals surface area contributed by atoms with Gasteiger partial charge in [0.05, 0.1) is 0 Å². The van der Waals surface area contributed by atoms with Gasteiger partial charge in [-0.2, -0.15) is 0 Å². The molecule has 0 spiro atoms. The first kappa shape index (κ1) is 22.0. The van der Waals surface area contributed by atoms with E-state index in [0.29, 0.717) is 18.5 Å². The zero-order chi connectivity index (χ0) is 20.6. The van der Waals surface area contributed by atoms with Crippen LogP contribution in [-0.4, -0.2) is 68.1 Å². The van der Waals surface area contributed by atoms with Crippen molar-refractivity contribution < 1.29 is 8.78 Å². The van der Waals surface area contributed by atoms with Crippen LogP contribution in [0.15, 0.2) is 23.2 Å². The Morgan fingerprint density at radius 2 is 1.93 bits per heavy atom. The third-order valence-corrected chi connectivity index (χ3v) is 5.89. The summed E-state index contributed by atoms with van der Waals surface area (Å²) in [7, 11) is 2.19. The molecule has 0 bridgehead atoms. The second-order valence-corrected chi connectivity index (χ2v) is 8.43. The molecular formula is C22H35F2N5. The predicted octanol–water partition coefficient (Wildman–Crippen LogP) is 2.83. The van der Waals surface area contributed by atoms with Crippen molar-refractivity contribution in [1.82, 2.24) is 20.4 Å². The van der Waals surface area contributed by atoms with Crippen molar-refractivity contribution in [2.75, 3.05) is 46.3 Å². The summed E-state index contributed by atoms with van der Waals surface area (Å²) in [6.45, 7) is 8.67. The SMILES string of the molecule is CCNC(=NCC1CCCN(C)C1)NC1CCN(Cc2ccc(F)c(F)c2)CC1. The minimum atomic E-state index is -0.785. The molecule has 2 N–H and O–H groups in total. The summed E-state index contributed by atoms with van der Waals surface area (Å²) < 4.78 is 26.5. The number of hydrogen-bond acceptors (Lipinski definition) is 3. The lowest BCUT2D eigenvalue weighted by molar-refractivity contribution is 0.198. The number of halogens is 2. The molecule has 0 aromatic heterocycles. The number of nitrogens with one attached hydrogen (secondary N) is 2. The van der Waals surface area contributed by atoms with Crippen molar-refractivity contribution in [2.24, 2.45) is 10.9 Å². The van der Waals surface area contributed by atoms with E-state index in [9.17, 15) is 8.78 Å². The first-order valence-corrected chi connectivity index (χ1v) is 10.9. The lowest BCUT2D eigenvalue weighted by Gasteiger charge is -2.33. The molecule has 1 aromatic rings. The average molecular weight is 408 g/mol. The van der Waals surface area contributed by atoms with E-state index < -0.39 is 11.6 Å². The molecule has 1 unspecified atom stereocenters. The summed E-state index contributed by atoms with van der Waals surface area (Å²) in [6.07, 6.45) is 4.55. The Bertz CT molecular complexity index is 673. The van der Waals surface area contributed by atoms with Crippen molar-refractivity contribution in [3.8, 4) is 0 Å². The molecule has 2 aliphatic rings. The minimum absolute atomic E-state index is 0.392. The van der Waals surface area contributed by atoms with Gasteiger partial charge < -0.3 is 15.5 Å². The molecule has 0 saturated carbocycles. The van der Waals surface area contributed by atoms with Crippen LogP contribution in [0.3, 0.4) is 0 Å². The molecule has 2 heterocycles. The molecule has 1 atom stereocenters. The summed E-state index contributed by atoms with van der Waals surface area (Å²) >= 11 is 0. The zero-order valence-electron chi connectivity index (χ0n) is 17.8. The van der Waals surface area contributed by atoms with Gasteiger partial charge in [-0.25, -0.2) is 8.78 Å². The minimum Gasteiger partial charge on any atom is -0.357 e. The van der Waals surface area contributed by atoms with Crippen LogP contribution in [0.2, 0.25) is 0 Å². The van der Waals surface area contributed by atoms with Crippen LogP contribution in [0.25, 0.3) is 0 Å². The van der Waals surface area contributed by atoms with Crippen molar-refractivity contribution >= 4 is 5.96 Å². The number of likely N-dealkylation sites (tertiary alicyclic amines) is 2. The normalized spacial score (nSPS) is 22.6. The molecular weight excluding hydrogens is 372 g/mol. The Labute approximate surface area is 173 Å². The van der Waals surface area contributed by atoms with E-state index in [0.717, 1.165) is 57.1 Å². The molecule has 3 rings (SSSR count). The maximum absolute atomic E-state index is 13.4. The molecule has 2 aliphatic heterocycles. The van der Waals surface area contributed by atoms with Gasteiger partial charge in [-0.15, -0.1) is 0 Å². The highest BCUT2D eigenvalue weighted by Crippen LogP contribution is 2.17. The maximum Gasteiger partial charge on any atom is 0.191 e. The number of rotatable bonds is 6.